The zero-order valence-corrected chi connectivity index (χ0v) is 13.1. The lowest BCUT2D eigenvalue weighted by Gasteiger charge is -2.35. The van der Waals surface area contributed by atoms with Crippen LogP contribution in [-0.4, -0.2) is 18.5 Å². The molecule has 0 saturated carbocycles. The minimum Gasteiger partial charge on any atom is -0.377 e. The van der Waals surface area contributed by atoms with Crippen LogP contribution >= 0.6 is 0 Å². The molecular weight excluding hydrogens is 206 g/mol. The van der Waals surface area contributed by atoms with Crippen molar-refractivity contribution in [2.75, 3.05) is 13.6 Å². The summed E-state index contributed by atoms with van der Waals surface area (Å²) >= 11 is 0. The van der Waals surface area contributed by atoms with Gasteiger partial charge in [-0.3, -0.25) is 0 Å². The molecule has 0 radical (unpaired) electrons. The monoisotopic (exact) mass is 237 g/mol. The molecule has 0 aliphatic rings. The van der Waals surface area contributed by atoms with Crippen LogP contribution in [-0.2, 0) is 0 Å². The van der Waals surface area contributed by atoms with Gasteiger partial charge in [0.05, 0.1) is 0 Å². The number of hydrogen-bond acceptors (Lipinski definition) is 1. The predicted octanol–water partition coefficient (Wildman–Crippen LogP) is 4.72. The summed E-state index contributed by atoms with van der Waals surface area (Å²) in [7, 11) is 2.13. The van der Waals surface area contributed by atoms with Crippen molar-refractivity contribution in [2.24, 2.45) is 16.7 Å². The van der Waals surface area contributed by atoms with Crippen LogP contribution in [0.4, 0.5) is 0 Å². The van der Waals surface area contributed by atoms with Gasteiger partial charge in [0, 0.05) is 24.7 Å². The molecule has 0 rings (SSSR count). The van der Waals surface area contributed by atoms with Gasteiger partial charge in [-0.25, -0.2) is 0 Å². The molecule has 1 unspecified atom stereocenters. The fraction of sp³-hybridized carbons (Fsp3) is 0.750. The van der Waals surface area contributed by atoms with E-state index in [0.29, 0.717) is 5.92 Å². The first-order valence-corrected chi connectivity index (χ1v) is 6.47. The first kappa shape index (κ1) is 16.3. The molecule has 0 heterocycles. The highest BCUT2D eigenvalue weighted by Gasteiger charge is 2.24. The topological polar surface area (TPSA) is 3.24 Å². The van der Waals surface area contributed by atoms with Crippen LogP contribution in [0.1, 0.15) is 48.5 Å². The van der Waals surface area contributed by atoms with Gasteiger partial charge < -0.3 is 4.90 Å². The van der Waals surface area contributed by atoms with E-state index in [4.69, 9.17) is 0 Å². The van der Waals surface area contributed by atoms with Crippen LogP contribution < -0.4 is 0 Å². The molecule has 17 heavy (non-hydrogen) atoms. The van der Waals surface area contributed by atoms with E-state index in [-0.39, 0.29) is 10.8 Å². The molecule has 0 aromatic carbocycles. The third-order valence-electron chi connectivity index (χ3n) is 3.43. The molecule has 0 aromatic heterocycles. The average Bonchev–Trinajstić information content (AvgIpc) is 2.12. The van der Waals surface area contributed by atoms with Crippen molar-refractivity contribution in [1.29, 1.82) is 0 Å². The van der Waals surface area contributed by atoms with Gasteiger partial charge in [-0.1, -0.05) is 67.2 Å². The SMILES string of the molecule is C=C(C(C)CN(C)C(=C)C(C)(C)C)C(C)(C)C. The molecule has 0 fully saturated rings. The average molecular weight is 237 g/mol. The van der Waals surface area contributed by atoms with Crippen LogP contribution in [0, 0.1) is 16.7 Å². The molecule has 0 aliphatic carbocycles. The molecule has 0 aliphatic heterocycles. The summed E-state index contributed by atoms with van der Waals surface area (Å²) in [6.45, 7) is 25.0. The Hall–Kier alpha value is -0.720. The fourth-order valence-electron chi connectivity index (χ4n) is 1.94. The molecular formula is C16H31N. The summed E-state index contributed by atoms with van der Waals surface area (Å²) in [5.74, 6) is 0.485. The van der Waals surface area contributed by atoms with E-state index in [2.05, 4.69) is 73.6 Å². The fourth-order valence-corrected chi connectivity index (χ4v) is 1.94. The van der Waals surface area contributed by atoms with Gasteiger partial charge in [0.25, 0.3) is 0 Å². The Bertz CT molecular complexity index is 256. The maximum atomic E-state index is 4.24. The van der Waals surface area contributed by atoms with Crippen LogP contribution in [0.2, 0.25) is 0 Å². The van der Waals surface area contributed by atoms with Gasteiger partial charge in [-0.15, -0.1) is 0 Å². The molecule has 0 spiro atoms. The molecule has 1 nitrogen and oxygen atoms in total. The van der Waals surface area contributed by atoms with Gasteiger partial charge in [-0.2, -0.15) is 0 Å². The van der Waals surface area contributed by atoms with E-state index in [1.165, 1.54) is 11.3 Å². The first-order valence-electron chi connectivity index (χ1n) is 6.47. The maximum Gasteiger partial charge on any atom is 0.0234 e. The largest absolute Gasteiger partial charge is 0.377 e. The Labute approximate surface area is 109 Å². The summed E-state index contributed by atoms with van der Waals surface area (Å²) in [5, 5.41) is 0. The van der Waals surface area contributed by atoms with Gasteiger partial charge in [0.2, 0.25) is 0 Å². The second kappa shape index (κ2) is 5.29. The molecule has 0 amide bonds. The highest BCUT2D eigenvalue weighted by Crippen LogP contribution is 2.32. The first-order chi connectivity index (χ1) is 7.37. The summed E-state index contributed by atoms with van der Waals surface area (Å²) < 4.78 is 0. The van der Waals surface area contributed by atoms with Crippen molar-refractivity contribution in [3.8, 4) is 0 Å². The Morgan fingerprint density at radius 1 is 1.00 bits per heavy atom. The Morgan fingerprint density at radius 2 is 1.41 bits per heavy atom. The van der Waals surface area contributed by atoms with Crippen molar-refractivity contribution >= 4 is 0 Å². The number of allylic oxidation sites excluding steroid dienone is 1. The van der Waals surface area contributed by atoms with Gasteiger partial charge in [-0.05, 0) is 11.3 Å². The van der Waals surface area contributed by atoms with Crippen molar-refractivity contribution in [2.45, 2.75) is 48.5 Å². The van der Waals surface area contributed by atoms with E-state index in [0.717, 1.165) is 6.54 Å². The number of hydrogen-bond donors (Lipinski definition) is 0. The van der Waals surface area contributed by atoms with Crippen LogP contribution in [0.15, 0.2) is 24.4 Å². The third-order valence-corrected chi connectivity index (χ3v) is 3.43. The molecule has 1 atom stereocenters. The lowest BCUT2D eigenvalue weighted by Crippen LogP contribution is -2.32. The van der Waals surface area contributed by atoms with Crippen molar-refractivity contribution in [3.05, 3.63) is 24.4 Å². The Balaban J connectivity index is 4.56. The Morgan fingerprint density at radius 3 is 1.71 bits per heavy atom. The molecule has 0 saturated heterocycles. The summed E-state index contributed by atoms with van der Waals surface area (Å²) in [6.07, 6.45) is 0. The van der Waals surface area contributed by atoms with E-state index in [1.54, 1.807) is 0 Å². The zero-order valence-electron chi connectivity index (χ0n) is 13.1. The summed E-state index contributed by atoms with van der Waals surface area (Å²) in [5.41, 5.74) is 2.82. The maximum absolute atomic E-state index is 4.24. The van der Waals surface area contributed by atoms with E-state index >= 15 is 0 Å². The lowest BCUT2D eigenvalue weighted by atomic mass is 9.80. The van der Waals surface area contributed by atoms with Crippen molar-refractivity contribution in [1.82, 2.24) is 4.90 Å². The minimum atomic E-state index is 0.136. The van der Waals surface area contributed by atoms with Gasteiger partial charge >= 0.3 is 0 Å². The molecule has 0 bridgehead atoms. The van der Waals surface area contributed by atoms with Gasteiger partial charge in [0.15, 0.2) is 0 Å². The summed E-state index contributed by atoms with van der Waals surface area (Å²) in [4.78, 5) is 2.27. The van der Waals surface area contributed by atoms with Crippen molar-refractivity contribution in [3.63, 3.8) is 0 Å². The molecule has 0 N–H and O–H groups in total. The lowest BCUT2D eigenvalue weighted by molar-refractivity contribution is 0.278. The van der Waals surface area contributed by atoms with Gasteiger partial charge in [0.1, 0.15) is 0 Å². The quantitative estimate of drug-likeness (QED) is 0.640. The minimum absolute atomic E-state index is 0.136. The van der Waals surface area contributed by atoms with E-state index in [1.807, 2.05) is 0 Å². The third kappa shape index (κ3) is 4.97. The number of nitrogens with zero attached hydrogens (tertiary/aromatic N) is 1. The standard InChI is InChI=1S/C16H31N/c1-12(13(2)15(4,5)6)11-17(10)14(3)16(7,8)9/h12H,2-3,11H2,1,4-10H3. The molecule has 100 valence electrons. The normalized spacial score (nSPS) is 14.4. The van der Waals surface area contributed by atoms with E-state index < -0.39 is 0 Å². The second-order valence-corrected chi connectivity index (χ2v) is 7.25. The highest BCUT2D eigenvalue weighted by molar-refractivity contribution is 5.11. The Kier molecular flexibility index (Phi) is 5.06. The van der Waals surface area contributed by atoms with Crippen molar-refractivity contribution < 1.29 is 0 Å². The molecule has 1 heteroatoms. The van der Waals surface area contributed by atoms with Crippen LogP contribution in [0.5, 0.6) is 0 Å². The predicted molar refractivity (Wildman–Crippen MR) is 79.0 cm³/mol. The smallest absolute Gasteiger partial charge is 0.0234 e. The summed E-state index contributed by atoms with van der Waals surface area (Å²) in [6, 6.07) is 0. The zero-order chi connectivity index (χ0) is 14.0. The van der Waals surface area contributed by atoms with E-state index in [9.17, 15) is 0 Å². The van der Waals surface area contributed by atoms with Crippen LogP contribution in [0.3, 0.4) is 0 Å². The highest BCUT2D eigenvalue weighted by atomic mass is 15.1. The molecule has 0 aromatic rings. The number of rotatable bonds is 4. The second-order valence-electron chi connectivity index (χ2n) is 7.25. The van der Waals surface area contributed by atoms with Crippen LogP contribution in [0.25, 0.3) is 0 Å².